The number of nitrogens with two attached hydrogens (primary N) is 1. The Labute approximate surface area is 190 Å². The van der Waals surface area contributed by atoms with Crippen molar-refractivity contribution in [3.63, 3.8) is 0 Å². The van der Waals surface area contributed by atoms with Crippen LogP contribution in [0.5, 0.6) is 11.5 Å². The molecule has 0 saturated carbocycles. The van der Waals surface area contributed by atoms with E-state index in [2.05, 4.69) is 26.0 Å². The van der Waals surface area contributed by atoms with Crippen molar-refractivity contribution >= 4 is 29.8 Å². The summed E-state index contributed by atoms with van der Waals surface area (Å²) in [5.74, 6) is 7.50. The van der Waals surface area contributed by atoms with Gasteiger partial charge in [0, 0.05) is 6.54 Å². The summed E-state index contributed by atoms with van der Waals surface area (Å²) in [4.78, 5) is 12.1. The number of nitrogens with one attached hydrogen (secondary N) is 2. The summed E-state index contributed by atoms with van der Waals surface area (Å²) in [7, 11) is 3.14. The first-order valence-corrected chi connectivity index (χ1v) is 10.7. The zero-order valence-electron chi connectivity index (χ0n) is 18.0. The number of carbonyl (C=O) groups is 1. The first-order valence-electron chi connectivity index (χ1n) is 9.66. The fourth-order valence-electron chi connectivity index (χ4n) is 2.64. The zero-order chi connectivity index (χ0) is 22.9. The van der Waals surface area contributed by atoms with E-state index in [1.54, 1.807) is 32.6 Å². The number of aromatic nitrogens is 3. The third-order valence-corrected chi connectivity index (χ3v) is 5.34. The second kappa shape index (κ2) is 11.0. The molecule has 0 radical (unpaired) electrons. The minimum atomic E-state index is -0.125. The van der Waals surface area contributed by atoms with Crippen LogP contribution in [0, 0.1) is 6.92 Å². The quantitative estimate of drug-likeness (QED) is 0.184. The van der Waals surface area contributed by atoms with Crippen LogP contribution in [0.25, 0.3) is 0 Å². The van der Waals surface area contributed by atoms with Crippen LogP contribution >= 0.6 is 11.8 Å². The number of anilines is 1. The van der Waals surface area contributed by atoms with Crippen LogP contribution in [0.3, 0.4) is 0 Å². The van der Waals surface area contributed by atoms with Gasteiger partial charge in [0.15, 0.2) is 11.5 Å². The third-order valence-electron chi connectivity index (χ3n) is 4.39. The van der Waals surface area contributed by atoms with Gasteiger partial charge in [-0.1, -0.05) is 41.6 Å². The smallest absolute Gasteiger partial charge is 0.264 e. The highest BCUT2D eigenvalue weighted by Gasteiger charge is 2.12. The fourth-order valence-corrected chi connectivity index (χ4v) is 3.32. The molecule has 0 saturated heterocycles. The number of rotatable bonds is 10. The maximum Gasteiger partial charge on any atom is 0.264 e. The molecule has 32 heavy (non-hydrogen) atoms. The zero-order valence-corrected chi connectivity index (χ0v) is 18.8. The fraction of sp³-hybridized carbons (Fsp3) is 0.238. The molecule has 0 spiro atoms. The average molecular weight is 456 g/mol. The summed E-state index contributed by atoms with van der Waals surface area (Å²) in [5, 5.41) is 15.3. The van der Waals surface area contributed by atoms with Crippen molar-refractivity contribution < 1.29 is 14.3 Å². The lowest BCUT2D eigenvalue weighted by atomic mass is 10.1. The second-order valence-electron chi connectivity index (χ2n) is 6.71. The van der Waals surface area contributed by atoms with E-state index < -0.39 is 0 Å². The molecular formula is C21H25N7O3S. The summed E-state index contributed by atoms with van der Waals surface area (Å²) in [6.45, 7) is 2.49. The van der Waals surface area contributed by atoms with E-state index in [0.717, 1.165) is 11.1 Å². The number of methoxy groups -OCH3 is 2. The summed E-state index contributed by atoms with van der Waals surface area (Å²) in [6, 6.07) is 13.4. The predicted octanol–water partition coefficient (Wildman–Crippen LogP) is 2.17. The Balaban J connectivity index is 1.50. The van der Waals surface area contributed by atoms with Crippen LogP contribution in [0.2, 0.25) is 0 Å². The van der Waals surface area contributed by atoms with Crippen LogP contribution in [-0.2, 0) is 11.3 Å². The van der Waals surface area contributed by atoms with Crippen molar-refractivity contribution in [3.8, 4) is 11.5 Å². The number of hydrogen-bond acceptors (Lipinski definition) is 9. The number of aryl methyl sites for hydroxylation is 1. The monoisotopic (exact) mass is 455 g/mol. The van der Waals surface area contributed by atoms with Gasteiger partial charge in [-0.25, -0.2) is 10.1 Å². The molecule has 0 atom stereocenters. The Bertz CT molecular complexity index is 1080. The Hall–Kier alpha value is -3.73. The van der Waals surface area contributed by atoms with Gasteiger partial charge in [-0.15, -0.1) is 10.2 Å². The molecule has 1 aromatic heterocycles. The number of benzene rings is 2. The Kier molecular flexibility index (Phi) is 7.92. The van der Waals surface area contributed by atoms with Crippen molar-refractivity contribution in [2.75, 3.05) is 31.2 Å². The molecule has 0 aliphatic carbocycles. The topological polar surface area (TPSA) is 129 Å². The van der Waals surface area contributed by atoms with E-state index in [9.17, 15) is 4.79 Å². The summed E-state index contributed by atoms with van der Waals surface area (Å²) >= 11 is 1.18. The third kappa shape index (κ3) is 6.14. The molecule has 168 valence electrons. The molecule has 2 aromatic carbocycles. The molecule has 0 unspecified atom stereocenters. The van der Waals surface area contributed by atoms with Crippen molar-refractivity contribution in [1.82, 2.24) is 20.2 Å². The van der Waals surface area contributed by atoms with E-state index in [1.165, 1.54) is 22.0 Å². The molecule has 11 heteroatoms. The molecule has 10 nitrogen and oxygen atoms in total. The molecule has 0 fully saturated rings. The number of carbonyl (C=O) groups excluding carboxylic acids is 1. The standard InChI is InChI=1S/C21H25N7O3S/c1-14-4-6-15(7-5-14)11-23-19(29)13-32-21-27-26-20(28(21)22)25-24-12-16-8-9-17(30-2)18(10-16)31-3/h4-10,12H,11,13,22H2,1-3H3,(H,23,29)(H,25,26)/b24-12+. The summed E-state index contributed by atoms with van der Waals surface area (Å²) in [6.07, 6.45) is 1.59. The number of ether oxygens (including phenoxy) is 2. The Morgan fingerprint density at radius 1 is 1.16 bits per heavy atom. The minimum Gasteiger partial charge on any atom is -0.493 e. The van der Waals surface area contributed by atoms with Gasteiger partial charge in [0.1, 0.15) is 0 Å². The first-order chi connectivity index (χ1) is 15.5. The molecule has 1 amide bonds. The van der Waals surface area contributed by atoms with Crippen molar-refractivity contribution in [3.05, 3.63) is 59.2 Å². The summed E-state index contributed by atoms with van der Waals surface area (Å²) in [5.41, 5.74) is 5.74. The number of nitrogens with zero attached hydrogens (tertiary/aromatic N) is 4. The number of hydrogen-bond donors (Lipinski definition) is 3. The van der Waals surface area contributed by atoms with Gasteiger partial charge in [-0.2, -0.15) is 5.10 Å². The SMILES string of the molecule is COc1ccc(/C=N/Nc2nnc(SCC(=O)NCc3ccc(C)cc3)n2N)cc1OC. The number of hydrazone groups is 1. The van der Waals surface area contributed by atoms with Crippen molar-refractivity contribution in [1.29, 1.82) is 0 Å². The Morgan fingerprint density at radius 3 is 2.62 bits per heavy atom. The highest BCUT2D eigenvalue weighted by Crippen LogP contribution is 2.26. The maximum atomic E-state index is 12.1. The Morgan fingerprint density at radius 2 is 1.91 bits per heavy atom. The van der Waals surface area contributed by atoms with E-state index in [1.807, 2.05) is 37.3 Å². The van der Waals surface area contributed by atoms with Gasteiger partial charge >= 0.3 is 0 Å². The van der Waals surface area contributed by atoms with E-state index in [-0.39, 0.29) is 17.6 Å². The van der Waals surface area contributed by atoms with E-state index >= 15 is 0 Å². The number of amides is 1. The van der Waals surface area contributed by atoms with Gasteiger partial charge in [-0.3, -0.25) is 4.79 Å². The van der Waals surface area contributed by atoms with Gasteiger partial charge in [0.25, 0.3) is 5.95 Å². The van der Waals surface area contributed by atoms with Gasteiger partial charge in [0.05, 0.1) is 26.2 Å². The van der Waals surface area contributed by atoms with Gasteiger partial charge in [-0.05, 0) is 36.2 Å². The molecular weight excluding hydrogens is 430 g/mol. The van der Waals surface area contributed by atoms with Crippen molar-refractivity contribution in [2.24, 2.45) is 5.10 Å². The molecule has 3 aromatic rings. The van der Waals surface area contributed by atoms with Crippen LogP contribution in [0.15, 0.2) is 52.7 Å². The first kappa shape index (κ1) is 22.9. The molecule has 0 bridgehead atoms. The lowest BCUT2D eigenvalue weighted by Gasteiger charge is -2.07. The number of nitrogen functional groups attached to an aromatic ring is 1. The number of thioether (sulfide) groups is 1. The molecule has 0 aliphatic rings. The lowest BCUT2D eigenvalue weighted by Crippen LogP contribution is -2.25. The minimum absolute atomic E-state index is 0.125. The van der Waals surface area contributed by atoms with Crippen molar-refractivity contribution in [2.45, 2.75) is 18.6 Å². The highest BCUT2D eigenvalue weighted by atomic mass is 32.2. The molecule has 0 aliphatic heterocycles. The molecule has 1 heterocycles. The second-order valence-corrected chi connectivity index (χ2v) is 7.65. The maximum absolute atomic E-state index is 12.1. The highest BCUT2D eigenvalue weighted by molar-refractivity contribution is 7.99. The van der Waals surface area contributed by atoms with Crippen LogP contribution < -0.4 is 26.1 Å². The lowest BCUT2D eigenvalue weighted by molar-refractivity contribution is -0.118. The predicted molar refractivity (Wildman–Crippen MR) is 125 cm³/mol. The van der Waals surface area contributed by atoms with Gasteiger partial charge < -0.3 is 20.6 Å². The largest absolute Gasteiger partial charge is 0.493 e. The average Bonchev–Trinajstić information content (AvgIpc) is 3.16. The normalized spacial score (nSPS) is 10.8. The molecule has 3 rings (SSSR count). The molecule has 4 N–H and O–H groups in total. The van der Waals surface area contributed by atoms with Crippen LogP contribution in [0.1, 0.15) is 16.7 Å². The van der Waals surface area contributed by atoms with E-state index in [0.29, 0.717) is 23.2 Å². The van der Waals surface area contributed by atoms with Gasteiger partial charge in [0.2, 0.25) is 11.1 Å². The van der Waals surface area contributed by atoms with Crippen LogP contribution in [-0.4, -0.2) is 47.0 Å². The summed E-state index contributed by atoms with van der Waals surface area (Å²) < 4.78 is 11.7. The van der Waals surface area contributed by atoms with E-state index in [4.69, 9.17) is 15.3 Å². The van der Waals surface area contributed by atoms with Crippen LogP contribution in [0.4, 0.5) is 5.95 Å².